The second-order valence-electron chi connectivity index (χ2n) is 5.36. The quantitative estimate of drug-likeness (QED) is 0.471. The van der Waals surface area contributed by atoms with Crippen molar-refractivity contribution >= 4 is 17.6 Å². The van der Waals surface area contributed by atoms with E-state index in [-0.39, 0.29) is 36.7 Å². The summed E-state index contributed by atoms with van der Waals surface area (Å²) in [4.78, 5) is 19.6. The molecule has 2 heterocycles. The molecule has 3 aromatic rings. The number of pyridine rings is 1. The maximum atomic E-state index is 13.7. The number of carbonyl (C=O) groups excluding carboxylic acids is 1. The molecule has 26 heavy (non-hydrogen) atoms. The van der Waals surface area contributed by atoms with Gasteiger partial charge < -0.3 is 9.15 Å². The molecule has 0 atom stereocenters. The predicted octanol–water partition coefficient (Wildman–Crippen LogP) is 4.34. The first-order valence-electron chi connectivity index (χ1n) is 7.68. The fourth-order valence-corrected chi connectivity index (χ4v) is 2.32. The third-order valence-electron chi connectivity index (χ3n) is 3.49. The molecular formula is C18H13ClF2N2O3. The molecule has 0 fully saturated rings. The van der Waals surface area contributed by atoms with Gasteiger partial charge in [-0.3, -0.25) is 4.79 Å². The van der Waals surface area contributed by atoms with E-state index in [1.807, 2.05) is 0 Å². The van der Waals surface area contributed by atoms with E-state index >= 15 is 0 Å². The van der Waals surface area contributed by atoms with Crippen molar-refractivity contribution in [3.05, 3.63) is 71.0 Å². The van der Waals surface area contributed by atoms with E-state index in [9.17, 15) is 13.6 Å². The van der Waals surface area contributed by atoms with E-state index in [2.05, 4.69) is 9.97 Å². The number of benzene rings is 1. The summed E-state index contributed by atoms with van der Waals surface area (Å²) in [6.07, 6.45) is 2.90. The Morgan fingerprint density at radius 3 is 2.58 bits per heavy atom. The van der Waals surface area contributed by atoms with E-state index in [0.717, 1.165) is 12.1 Å². The highest BCUT2D eigenvalue weighted by atomic mass is 35.5. The minimum Gasteiger partial charge on any atom is -0.461 e. The summed E-state index contributed by atoms with van der Waals surface area (Å²) < 4.78 is 37.9. The van der Waals surface area contributed by atoms with Crippen LogP contribution >= 0.6 is 11.6 Å². The molecule has 134 valence electrons. The summed E-state index contributed by atoms with van der Waals surface area (Å²) >= 11 is 5.67. The fraction of sp³-hybridized carbons (Fsp3) is 0.167. The van der Waals surface area contributed by atoms with Gasteiger partial charge in [0.2, 0.25) is 0 Å². The third kappa shape index (κ3) is 4.43. The van der Waals surface area contributed by atoms with E-state index < -0.39 is 17.6 Å². The largest absolute Gasteiger partial charge is 0.461 e. The molecule has 0 aliphatic carbocycles. The Labute approximate surface area is 152 Å². The summed E-state index contributed by atoms with van der Waals surface area (Å²) in [5, 5.41) is 0.353. The molecule has 0 spiro atoms. The predicted molar refractivity (Wildman–Crippen MR) is 89.2 cm³/mol. The SMILES string of the molecule is O=C(CCc1ncc(-c2c(F)cccc2F)o1)OCc1ccc(Cl)nc1. The zero-order valence-electron chi connectivity index (χ0n) is 13.4. The van der Waals surface area contributed by atoms with Crippen LogP contribution in [-0.4, -0.2) is 15.9 Å². The Kier molecular flexibility index (Phi) is 5.58. The minimum atomic E-state index is -0.747. The Morgan fingerprint density at radius 1 is 1.12 bits per heavy atom. The van der Waals surface area contributed by atoms with Crippen LogP contribution in [0.2, 0.25) is 5.15 Å². The van der Waals surface area contributed by atoms with E-state index in [4.69, 9.17) is 20.8 Å². The highest BCUT2D eigenvalue weighted by molar-refractivity contribution is 6.29. The second kappa shape index (κ2) is 8.05. The number of hydrogen-bond acceptors (Lipinski definition) is 5. The Hall–Kier alpha value is -2.80. The number of halogens is 3. The fourth-order valence-electron chi connectivity index (χ4n) is 2.21. The highest BCUT2D eigenvalue weighted by Gasteiger charge is 2.16. The van der Waals surface area contributed by atoms with E-state index in [0.29, 0.717) is 10.7 Å². The van der Waals surface area contributed by atoms with Gasteiger partial charge in [0.25, 0.3) is 0 Å². The Bertz CT molecular complexity index is 893. The van der Waals surface area contributed by atoms with Crippen molar-refractivity contribution in [3.63, 3.8) is 0 Å². The summed E-state index contributed by atoms with van der Waals surface area (Å²) in [6.45, 7) is 0.0697. The van der Waals surface area contributed by atoms with Crippen LogP contribution in [0.25, 0.3) is 11.3 Å². The van der Waals surface area contributed by atoms with Crippen molar-refractivity contribution in [2.45, 2.75) is 19.4 Å². The van der Waals surface area contributed by atoms with Crippen LogP contribution in [0.15, 0.2) is 47.1 Å². The van der Waals surface area contributed by atoms with Crippen LogP contribution in [0.4, 0.5) is 8.78 Å². The van der Waals surface area contributed by atoms with E-state index in [1.165, 1.54) is 18.5 Å². The number of ether oxygens (including phenoxy) is 1. The molecule has 2 aromatic heterocycles. The van der Waals surface area contributed by atoms with Crippen LogP contribution in [-0.2, 0) is 22.6 Å². The van der Waals surface area contributed by atoms with Crippen LogP contribution in [0.3, 0.4) is 0 Å². The van der Waals surface area contributed by atoms with Gasteiger partial charge in [-0.15, -0.1) is 0 Å². The number of esters is 1. The van der Waals surface area contributed by atoms with Crippen LogP contribution in [0.1, 0.15) is 17.9 Å². The van der Waals surface area contributed by atoms with Gasteiger partial charge >= 0.3 is 5.97 Å². The zero-order valence-corrected chi connectivity index (χ0v) is 14.2. The van der Waals surface area contributed by atoms with Crippen molar-refractivity contribution in [2.24, 2.45) is 0 Å². The van der Waals surface area contributed by atoms with Gasteiger partial charge in [-0.25, -0.2) is 18.7 Å². The molecule has 0 bridgehead atoms. The molecule has 1 aromatic carbocycles. The molecule has 0 saturated heterocycles. The minimum absolute atomic E-state index is 0.0146. The van der Waals surface area contributed by atoms with Crippen LogP contribution in [0, 0.1) is 11.6 Å². The van der Waals surface area contributed by atoms with Gasteiger partial charge in [0.05, 0.1) is 18.2 Å². The second-order valence-corrected chi connectivity index (χ2v) is 5.75. The molecule has 3 rings (SSSR count). The lowest BCUT2D eigenvalue weighted by atomic mass is 10.1. The number of hydrogen-bond donors (Lipinski definition) is 0. The van der Waals surface area contributed by atoms with E-state index in [1.54, 1.807) is 12.1 Å². The topological polar surface area (TPSA) is 65.2 Å². The molecule has 5 nitrogen and oxygen atoms in total. The van der Waals surface area contributed by atoms with Crippen molar-refractivity contribution in [1.29, 1.82) is 0 Å². The van der Waals surface area contributed by atoms with Crippen molar-refractivity contribution in [1.82, 2.24) is 9.97 Å². The molecule has 0 unspecified atom stereocenters. The average Bonchev–Trinajstić information content (AvgIpc) is 3.08. The van der Waals surface area contributed by atoms with Gasteiger partial charge in [0.1, 0.15) is 23.4 Å². The number of oxazole rings is 1. The van der Waals surface area contributed by atoms with Crippen molar-refractivity contribution in [2.75, 3.05) is 0 Å². The molecule has 0 N–H and O–H groups in total. The summed E-state index contributed by atoms with van der Waals surface area (Å²) in [5.74, 6) is -1.80. The lowest BCUT2D eigenvalue weighted by Gasteiger charge is -2.04. The first-order valence-corrected chi connectivity index (χ1v) is 8.06. The van der Waals surface area contributed by atoms with Gasteiger partial charge in [0.15, 0.2) is 11.7 Å². The average molecular weight is 379 g/mol. The lowest BCUT2D eigenvalue weighted by molar-refractivity contribution is -0.145. The first-order chi connectivity index (χ1) is 12.5. The number of rotatable bonds is 6. The number of aromatic nitrogens is 2. The number of aryl methyl sites for hydroxylation is 1. The molecular weight excluding hydrogens is 366 g/mol. The van der Waals surface area contributed by atoms with Crippen LogP contribution in [0.5, 0.6) is 0 Å². The van der Waals surface area contributed by atoms with Crippen molar-refractivity contribution in [3.8, 4) is 11.3 Å². The molecule has 0 amide bonds. The molecule has 8 heteroatoms. The van der Waals surface area contributed by atoms with Gasteiger partial charge in [-0.05, 0) is 18.2 Å². The maximum absolute atomic E-state index is 13.7. The standard InChI is InChI=1S/C18H13ClF2N2O3/c19-15-5-4-11(8-22-15)10-25-17(24)7-6-16-23-9-14(26-16)18-12(20)2-1-3-13(18)21/h1-5,8-9H,6-7,10H2. The summed E-state index contributed by atoms with van der Waals surface area (Å²) in [7, 11) is 0. The smallest absolute Gasteiger partial charge is 0.306 e. The molecule has 0 radical (unpaired) electrons. The molecule has 0 saturated carbocycles. The Morgan fingerprint density at radius 2 is 1.88 bits per heavy atom. The van der Waals surface area contributed by atoms with Gasteiger partial charge in [0, 0.05) is 18.2 Å². The first kappa shape index (κ1) is 18.0. The van der Waals surface area contributed by atoms with Crippen LogP contribution < -0.4 is 0 Å². The normalized spacial score (nSPS) is 10.7. The monoisotopic (exact) mass is 378 g/mol. The number of carbonyl (C=O) groups is 1. The van der Waals surface area contributed by atoms with Crippen molar-refractivity contribution < 1.29 is 22.7 Å². The lowest BCUT2D eigenvalue weighted by Crippen LogP contribution is -2.06. The zero-order chi connectivity index (χ0) is 18.5. The molecule has 0 aliphatic rings. The number of nitrogens with zero attached hydrogens (tertiary/aromatic N) is 2. The Balaban J connectivity index is 1.54. The molecule has 0 aliphatic heterocycles. The maximum Gasteiger partial charge on any atom is 0.306 e. The van der Waals surface area contributed by atoms with Gasteiger partial charge in [-0.2, -0.15) is 0 Å². The third-order valence-corrected chi connectivity index (χ3v) is 3.72. The summed E-state index contributed by atoms with van der Waals surface area (Å²) in [6, 6.07) is 6.82. The van der Waals surface area contributed by atoms with Gasteiger partial charge in [-0.1, -0.05) is 23.7 Å². The summed E-state index contributed by atoms with van der Waals surface area (Å²) in [5.41, 5.74) is 0.417. The highest BCUT2D eigenvalue weighted by Crippen LogP contribution is 2.26.